The van der Waals surface area contributed by atoms with Crippen LogP contribution in [0, 0.1) is 21.4 Å². The molecule has 2 N–H and O–H groups in total. The van der Waals surface area contributed by atoms with Gasteiger partial charge in [-0.2, -0.15) is 5.26 Å². The molecule has 0 saturated heterocycles. The van der Waals surface area contributed by atoms with Gasteiger partial charge in [-0.1, -0.05) is 28.1 Å². The van der Waals surface area contributed by atoms with Gasteiger partial charge in [0.05, 0.1) is 10.8 Å². The predicted molar refractivity (Wildman–Crippen MR) is 123 cm³/mol. The normalized spacial score (nSPS) is 15.8. The minimum atomic E-state index is -0.596. The monoisotopic (exact) mass is 521 g/mol. The molecule has 0 aromatic heterocycles. The molecule has 3 aromatic carbocycles. The molecule has 2 aliphatic heterocycles. The number of allylic oxidation sites excluding steroid dienone is 1. The highest BCUT2D eigenvalue weighted by Gasteiger charge is 2.35. The number of ether oxygens (including phenoxy) is 4. The average molecular weight is 522 g/mol. The summed E-state index contributed by atoms with van der Waals surface area (Å²) in [4.78, 5) is 10.7. The maximum Gasteiger partial charge on any atom is 0.269 e. The lowest BCUT2D eigenvalue weighted by molar-refractivity contribution is -0.384. The molecule has 0 saturated carbocycles. The summed E-state index contributed by atoms with van der Waals surface area (Å²) in [7, 11) is 0. The van der Waals surface area contributed by atoms with Crippen molar-refractivity contribution < 1.29 is 23.9 Å². The van der Waals surface area contributed by atoms with Crippen molar-refractivity contribution >= 4 is 21.6 Å². The Morgan fingerprint density at radius 1 is 1.12 bits per heavy atom. The van der Waals surface area contributed by atoms with Crippen molar-refractivity contribution in [2.75, 3.05) is 6.79 Å². The number of hydrogen-bond acceptors (Lipinski definition) is 8. The van der Waals surface area contributed by atoms with Crippen LogP contribution in [-0.4, -0.2) is 11.7 Å². The molecule has 3 aromatic rings. The molecule has 0 bridgehead atoms. The van der Waals surface area contributed by atoms with Crippen LogP contribution in [0.5, 0.6) is 23.0 Å². The van der Waals surface area contributed by atoms with E-state index in [0.717, 1.165) is 4.47 Å². The number of hydrogen-bond donors (Lipinski definition) is 1. The first kappa shape index (κ1) is 21.6. The van der Waals surface area contributed by atoms with Gasteiger partial charge in [-0.3, -0.25) is 10.1 Å². The molecule has 2 heterocycles. The summed E-state index contributed by atoms with van der Waals surface area (Å²) >= 11 is 3.49. The van der Waals surface area contributed by atoms with E-state index < -0.39 is 10.8 Å². The summed E-state index contributed by atoms with van der Waals surface area (Å²) in [5.74, 6) is 1.41. The lowest BCUT2D eigenvalue weighted by Crippen LogP contribution is -2.21. The number of nitro groups is 1. The maximum atomic E-state index is 11.1. The molecule has 0 spiro atoms. The molecule has 0 fully saturated rings. The van der Waals surface area contributed by atoms with Crippen molar-refractivity contribution in [2.24, 2.45) is 5.73 Å². The number of nitriles is 1. The zero-order valence-corrected chi connectivity index (χ0v) is 19.1. The molecular weight excluding hydrogens is 506 g/mol. The van der Waals surface area contributed by atoms with Crippen molar-refractivity contribution in [1.82, 2.24) is 0 Å². The molecule has 2 aliphatic rings. The topological polar surface area (TPSA) is 130 Å². The van der Waals surface area contributed by atoms with Crippen molar-refractivity contribution in [1.29, 1.82) is 5.26 Å². The molecule has 170 valence electrons. The number of fused-ring (bicyclic) bond motifs is 2. The van der Waals surface area contributed by atoms with Gasteiger partial charge in [-0.05, 0) is 29.8 Å². The van der Waals surface area contributed by atoms with E-state index in [2.05, 4.69) is 22.0 Å². The lowest BCUT2D eigenvalue weighted by atomic mass is 9.83. The van der Waals surface area contributed by atoms with Crippen LogP contribution >= 0.6 is 15.9 Å². The van der Waals surface area contributed by atoms with E-state index in [1.807, 2.05) is 12.1 Å². The van der Waals surface area contributed by atoms with Crippen LogP contribution < -0.4 is 24.7 Å². The zero-order valence-electron chi connectivity index (χ0n) is 17.5. The first-order chi connectivity index (χ1) is 16.4. The Labute approximate surface area is 202 Å². The highest BCUT2D eigenvalue weighted by atomic mass is 79.9. The largest absolute Gasteiger partial charge is 0.489 e. The molecule has 9 nitrogen and oxygen atoms in total. The molecule has 10 heteroatoms. The van der Waals surface area contributed by atoms with Crippen molar-refractivity contribution in [3.63, 3.8) is 0 Å². The van der Waals surface area contributed by atoms with Crippen LogP contribution in [0.25, 0.3) is 0 Å². The minimum absolute atomic E-state index is 0.0107. The van der Waals surface area contributed by atoms with Crippen LogP contribution in [0.1, 0.15) is 22.6 Å². The lowest BCUT2D eigenvalue weighted by Gasteiger charge is -2.28. The molecule has 1 unspecified atom stereocenters. The quantitative estimate of drug-likeness (QED) is 0.371. The number of nitrogens with zero attached hydrogens (tertiary/aromatic N) is 2. The summed E-state index contributed by atoms with van der Waals surface area (Å²) in [6.07, 6.45) is 0. The Bertz CT molecular complexity index is 1400. The van der Waals surface area contributed by atoms with E-state index in [-0.39, 0.29) is 30.5 Å². The van der Waals surface area contributed by atoms with Crippen LogP contribution in [0.3, 0.4) is 0 Å². The fraction of sp³-hybridized carbons (Fsp3) is 0.125. The number of nitro benzene ring substituents is 1. The van der Waals surface area contributed by atoms with Gasteiger partial charge in [0.15, 0.2) is 11.5 Å². The molecular formula is C24H16BrN3O6. The first-order valence-electron chi connectivity index (χ1n) is 10.1. The van der Waals surface area contributed by atoms with Crippen molar-refractivity contribution in [3.8, 4) is 29.1 Å². The third-order valence-electron chi connectivity index (χ3n) is 5.51. The Balaban J connectivity index is 1.57. The molecule has 1 atom stereocenters. The van der Waals surface area contributed by atoms with E-state index in [9.17, 15) is 15.4 Å². The number of benzene rings is 3. The molecule has 0 aliphatic carbocycles. The fourth-order valence-corrected chi connectivity index (χ4v) is 4.34. The smallest absolute Gasteiger partial charge is 0.269 e. The first-order valence-corrected chi connectivity index (χ1v) is 10.9. The minimum Gasteiger partial charge on any atom is -0.489 e. The Morgan fingerprint density at radius 2 is 1.91 bits per heavy atom. The van der Waals surface area contributed by atoms with E-state index in [4.69, 9.17) is 24.7 Å². The maximum absolute atomic E-state index is 11.1. The van der Waals surface area contributed by atoms with Gasteiger partial charge in [-0.25, -0.2) is 0 Å². The highest BCUT2D eigenvalue weighted by molar-refractivity contribution is 9.10. The fourth-order valence-electron chi connectivity index (χ4n) is 3.96. The Kier molecular flexibility index (Phi) is 5.47. The molecule has 5 rings (SSSR count). The van der Waals surface area contributed by atoms with Crippen molar-refractivity contribution in [2.45, 2.75) is 12.5 Å². The third kappa shape index (κ3) is 3.86. The van der Waals surface area contributed by atoms with Gasteiger partial charge in [0.2, 0.25) is 12.7 Å². The SMILES string of the molecule is N#CC1=C(N)Oc2cc3c(cc2C1c1cc(Br)ccc1OCc1cccc([N+](=O)[O-])c1)OCO3. The van der Waals surface area contributed by atoms with Gasteiger partial charge in [0.1, 0.15) is 29.7 Å². The standard InChI is InChI=1S/C24H16BrN3O6/c25-14-4-5-19(31-11-13-2-1-3-15(6-13)28(29)30)16(7-14)23-17-8-21-22(33-12-32-21)9-20(17)34-24(27)18(23)10-26/h1-9,23H,11-12,27H2. The third-order valence-corrected chi connectivity index (χ3v) is 6.00. The number of halogens is 1. The van der Waals surface area contributed by atoms with E-state index >= 15 is 0 Å². The summed E-state index contributed by atoms with van der Waals surface area (Å²) in [6.45, 7) is 0.181. The summed E-state index contributed by atoms with van der Waals surface area (Å²) < 4.78 is 23.6. The van der Waals surface area contributed by atoms with Crippen LogP contribution in [0.4, 0.5) is 5.69 Å². The zero-order chi connectivity index (χ0) is 23.8. The Hall–Kier alpha value is -4.23. The van der Waals surface area contributed by atoms with E-state index in [1.54, 1.807) is 30.3 Å². The van der Waals surface area contributed by atoms with Gasteiger partial charge >= 0.3 is 0 Å². The number of non-ortho nitro benzene ring substituents is 1. The summed E-state index contributed by atoms with van der Waals surface area (Å²) in [5.41, 5.74) is 8.31. The van der Waals surface area contributed by atoms with Crippen LogP contribution in [-0.2, 0) is 6.61 Å². The second-order valence-corrected chi connectivity index (χ2v) is 8.48. The van der Waals surface area contributed by atoms with E-state index in [0.29, 0.717) is 39.7 Å². The second kappa shape index (κ2) is 8.61. The molecule has 34 heavy (non-hydrogen) atoms. The Morgan fingerprint density at radius 3 is 2.68 bits per heavy atom. The molecule has 0 amide bonds. The number of rotatable bonds is 5. The highest BCUT2D eigenvalue weighted by Crippen LogP contribution is 2.49. The van der Waals surface area contributed by atoms with Crippen LogP contribution in [0.2, 0.25) is 0 Å². The van der Waals surface area contributed by atoms with Gasteiger partial charge < -0.3 is 24.7 Å². The summed E-state index contributed by atoms with van der Waals surface area (Å²) in [5, 5.41) is 21.0. The summed E-state index contributed by atoms with van der Waals surface area (Å²) in [6, 6.07) is 17.3. The van der Waals surface area contributed by atoms with Gasteiger partial charge in [0.25, 0.3) is 5.69 Å². The van der Waals surface area contributed by atoms with Gasteiger partial charge in [0, 0.05) is 33.8 Å². The number of nitrogens with two attached hydrogens (primary N) is 1. The van der Waals surface area contributed by atoms with Gasteiger partial charge in [-0.15, -0.1) is 0 Å². The van der Waals surface area contributed by atoms with Crippen LogP contribution in [0.15, 0.2) is 70.5 Å². The van der Waals surface area contributed by atoms with Crippen molar-refractivity contribution in [3.05, 3.63) is 97.3 Å². The molecule has 0 radical (unpaired) electrons. The average Bonchev–Trinajstić information content (AvgIpc) is 3.28. The second-order valence-electron chi connectivity index (χ2n) is 7.57. The van der Waals surface area contributed by atoms with E-state index in [1.165, 1.54) is 12.1 Å². The predicted octanol–water partition coefficient (Wildman–Crippen LogP) is 4.88.